The first-order valence-corrected chi connectivity index (χ1v) is 7.34. The highest BCUT2D eigenvalue weighted by atomic mass is 32.1. The maximum atomic E-state index is 12.2. The number of rotatable bonds is 3. The van der Waals surface area contributed by atoms with Gasteiger partial charge in [0, 0.05) is 24.6 Å². The molecule has 1 fully saturated rings. The van der Waals surface area contributed by atoms with Crippen molar-refractivity contribution < 1.29 is 14.7 Å². The van der Waals surface area contributed by atoms with Crippen molar-refractivity contribution in [1.82, 2.24) is 14.3 Å². The number of aromatic nitrogens is 2. The number of carboxylic acids is 1. The van der Waals surface area contributed by atoms with E-state index in [0.29, 0.717) is 36.8 Å². The molecule has 1 aromatic heterocycles. The number of aliphatic carboxylic acids is 1. The van der Waals surface area contributed by atoms with E-state index in [4.69, 9.17) is 0 Å². The van der Waals surface area contributed by atoms with E-state index in [1.165, 1.54) is 0 Å². The van der Waals surface area contributed by atoms with Crippen molar-refractivity contribution in [1.29, 1.82) is 0 Å². The Kier molecular flexibility index (Phi) is 4.22. The second kappa shape index (κ2) is 5.74. The second-order valence-electron chi connectivity index (χ2n) is 5.04. The number of anilines is 1. The zero-order valence-electron chi connectivity index (χ0n) is 11.5. The number of aryl methyl sites for hydroxylation is 1. The fraction of sp³-hybridized carbons (Fsp3) is 0.667. The lowest BCUT2D eigenvalue weighted by Crippen LogP contribution is -2.50. The van der Waals surface area contributed by atoms with Gasteiger partial charge >= 0.3 is 12.0 Å². The summed E-state index contributed by atoms with van der Waals surface area (Å²) in [5.41, 5.74) is -0.827. The van der Waals surface area contributed by atoms with Crippen molar-refractivity contribution >= 4 is 28.7 Å². The van der Waals surface area contributed by atoms with Crippen molar-refractivity contribution in [2.24, 2.45) is 5.41 Å². The van der Waals surface area contributed by atoms with Gasteiger partial charge in [-0.25, -0.2) is 9.78 Å². The van der Waals surface area contributed by atoms with Crippen molar-refractivity contribution in [3.63, 3.8) is 0 Å². The van der Waals surface area contributed by atoms with Gasteiger partial charge in [-0.3, -0.25) is 10.1 Å². The monoisotopic (exact) mass is 298 g/mol. The zero-order chi connectivity index (χ0) is 14.8. The molecule has 2 amide bonds. The summed E-state index contributed by atoms with van der Waals surface area (Å²) in [5.74, 6) is -0.221. The van der Waals surface area contributed by atoms with Gasteiger partial charge in [0.2, 0.25) is 5.13 Å². The van der Waals surface area contributed by atoms with Gasteiger partial charge in [-0.15, -0.1) is 0 Å². The van der Waals surface area contributed by atoms with Crippen LogP contribution in [0.1, 0.15) is 32.0 Å². The minimum absolute atomic E-state index is 0.239. The number of carbonyl (C=O) groups is 2. The van der Waals surface area contributed by atoms with Crippen LogP contribution in [0.15, 0.2) is 0 Å². The summed E-state index contributed by atoms with van der Waals surface area (Å²) in [6.45, 7) is 4.41. The van der Waals surface area contributed by atoms with Gasteiger partial charge in [0.05, 0.1) is 5.41 Å². The number of hydrogen-bond donors (Lipinski definition) is 2. The number of carbonyl (C=O) groups excluding carboxylic acids is 1. The van der Waals surface area contributed by atoms with E-state index in [-0.39, 0.29) is 12.6 Å². The van der Waals surface area contributed by atoms with Gasteiger partial charge in [0.1, 0.15) is 5.82 Å². The molecule has 1 unspecified atom stereocenters. The molecular weight excluding hydrogens is 280 g/mol. The van der Waals surface area contributed by atoms with Crippen LogP contribution in [0.3, 0.4) is 0 Å². The lowest BCUT2D eigenvalue weighted by Gasteiger charge is -2.39. The molecule has 20 heavy (non-hydrogen) atoms. The van der Waals surface area contributed by atoms with Gasteiger partial charge in [-0.2, -0.15) is 4.37 Å². The Labute approximate surface area is 121 Å². The van der Waals surface area contributed by atoms with E-state index >= 15 is 0 Å². The average Bonchev–Trinajstić information content (AvgIpc) is 2.83. The Morgan fingerprint density at radius 3 is 2.85 bits per heavy atom. The zero-order valence-corrected chi connectivity index (χ0v) is 12.4. The summed E-state index contributed by atoms with van der Waals surface area (Å²) in [7, 11) is 0. The molecule has 0 bridgehead atoms. The molecule has 0 aromatic carbocycles. The number of urea groups is 1. The van der Waals surface area contributed by atoms with Crippen LogP contribution in [0.4, 0.5) is 9.93 Å². The van der Waals surface area contributed by atoms with E-state index in [1.54, 1.807) is 11.8 Å². The van der Waals surface area contributed by atoms with Crippen LogP contribution in [0.25, 0.3) is 0 Å². The topological polar surface area (TPSA) is 95.4 Å². The van der Waals surface area contributed by atoms with Gasteiger partial charge in [0.15, 0.2) is 0 Å². The molecule has 1 atom stereocenters. The molecule has 2 heterocycles. The number of carboxylic acid groups (broad SMARTS) is 1. The summed E-state index contributed by atoms with van der Waals surface area (Å²) >= 11 is 1.12. The van der Waals surface area contributed by atoms with E-state index < -0.39 is 11.4 Å². The Hall–Kier alpha value is -1.70. The van der Waals surface area contributed by atoms with Gasteiger partial charge in [-0.1, -0.05) is 6.92 Å². The molecule has 1 aliphatic rings. The predicted octanol–water partition coefficient (Wildman–Crippen LogP) is 1.96. The summed E-state index contributed by atoms with van der Waals surface area (Å²) < 4.78 is 3.99. The largest absolute Gasteiger partial charge is 0.481 e. The van der Waals surface area contributed by atoms with Crippen LogP contribution in [-0.4, -0.2) is 44.5 Å². The molecule has 2 N–H and O–H groups in total. The first kappa shape index (κ1) is 14.7. The smallest absolute Gasteiger partial charge is 0.323 e. The number of nitrogens with one attached hydrogen (secondary N) is 1. The third-order valence-corrected chi connectivity index (χ3v) is 4.46. The third-order valence-electron chi connectivity index (χ3n) is 3.74. The summed E-state index contributed by atoms with van der Waals surface area (Å²) in [4.78, 5) is 29.2. The summed E-state index contributed by atoms with van der Waals surface area (Å²) in [6.07, 6.45) is 1.83. The Morgan fingerprint density at radius 1 is 1.55 bits per heavy atom. The highest BCUT2D eigenvalue weighted by Crippen LogP contribution is 2.33. The number of nitrogens with zero attached hydrogens (tertiary/aromatic N) is 3. The average molecular weight is 298 g/mol. The molecule has 1 aromatic rings. The van der Waals surface area contributed by atoms with E-state index in [2.05, 4.69) is 14.7 Å². The standard InChI is InChI=1S/C12H18N4O3S/c1-3-12(9(17)18)5-4-6-16(7-12)11(19)14-10-13-8(2)15-20-10/h3-7H2,1-2H3,(H,17,18)(H,13,14,15,19). The molecule has 7 nitrogen and oxygen atoms in total. The molecule has 8 heteroatoms. The minimum atomic E-state index is -0.829. The van der Waals surface area contributed by atoms with Crippen LogP contribution in [0.5, 0.6) is 0 Å². The highest BCUT2D eigenvalue weighted by Gasteiger charge is 2.42. The lowest BCUT2D eigenvalue weighted by atomic mass is 9.78. The maximum Gasteiger partial charge on any atom is 0.323 e. The van der Waals surface area contributed by atoms with Crippen LogP contribution < -0.4 is 5.32 Å². The fourth-order valence-electron chi connectivity index (χ4n) is 2.44. The summed E-state index contributed by atoms with van der Waals surface area (Å²) in [6, 6.07) is -0.306. The highest BCUT2D eigenvalue weighted by molar-refractivity contribution is 7.09. The molecule has 110 valence electrons. The van der Waals surface area contributed by atoms with Crippen molar-refractivity contribution in [2.45, 2.75) is 33.1 Å². The number of likely N-dealkylation sites (tertiary alicyclic amines) is 1. The lowest BCUT2D eigenvalue weighted by molar-refractivity contribution is -0.152. The molecule has 1 saturated heterocycles. The first-order chi connectivity index (χ1) is 9.47. The second-order valence-corrected chi connectivity index (χ2v) is 5.79. The molecule has 0 saturated carbocycles. The third kappa shape index (κ3) is 2.90. The molecule has 0 radical (unpaired) electrons. The predicted molar refractivity (Wildman–Crippen MR) is 74.8 cm³/mol. The SMILES string of the molecule is CCC1(C(=O)O)CCCN(C(=O)Nc2nc(C)ns2)C1. The quantitative estimate of drug-likeness (QED) is 0.889. The Bertz CT molecular complexity index is 519. The normalized spacial score (nSPS) is 22.6. The van der Waals surface area contributed by atoms with Gasteiger partial charge in [-0.05, 0) is 26.2 Å². The van der Waals surface area contributed by atoms with E-state index in [9.17, 15) is 14.7 Å². The van der Waals surface area contributed by atoms with Crippen molar-refractivity contribution in [2.75, 3.05) is 18.4 Å². The van der Waals surface area contributed by atoms with Crippen molar-refractivity contribution in [3.8, 4) is 0 Å². The van der Waals surface area contributed by atoms with Crippen LogP contribution in [0.2, 0.25) is 0 Å². The summed E-state index contributed by atoms with van der Waals surface area (Å²) in [5, 5.41) is 12.5. The molecule has 0 spiro atoms. The minimum Gasteiger partial charge on any atom is -0.481 e. The van der Waals surface area contributed by atoms with Crippen molar-refractivity contribution in [3.05, 3.63) is 5.82 Å². The molecular formula is C12H18N4O3S. The Balaban J connectivity index is 2.05. The van der Waals surface area contributed by atoms with Crippen LogP contribution >= 0.6 is 11.5 Å². The number of hydrogen-bond acceptors (Lipinski definition) is 5. The molecule has 0 aliphatic carbocycles. The van der Waals surface area contributed by atoms with Crippen LogP contribution in [0, 0.1) is 12.3 Å². The number of amides is 2. The van der Waals surface area contributed by atoms with E-state index in [0.717, 1.165) is 11.5 Å². The molecule has 1 aliphatic heterocycles. The molecule has 2 rings (SSSR count). The van der Waals surface area contributed by atoms with E-state index in [1.807, 2.05) is 6.92 Å². The fourth-order valence-corrected chi connectivity index (χ4v) is 3.00. The van der Waals surface area contributed by atoms with Crippen LogP contribution in [-0.2, 0) is 4.79 Å². The number of piperidine rings is 1. The van der Waals surface area contributed by atoms with Gasteiger partial charge < -0.3 is 10.0 Å². The maximum absolute atomic E-state index is 12.2. The first-order valence-electron chi connectivity index (χ1n) is 6.56. The van der Waals surface area contributed by atoms with Gasteiger partial charge in [0.25, 0.3) is 0 Å². The Morgan fingerprint density at radius 2 is 2.30 bits per heavy atom.